The van der Waals surface area contributed by atoms with Gasteiger partial charge in [0.15, 0.2) is 0 Å². The van der Waals surface area contributed by atoms with Crippen LogP contribution in [0.25, 0.3) is 0 Å². The van der Waals surface area contributed by atoms with E-state index in [0.717, 1.165) is 5.56 Å². The second-order valence-electron chi connectivity index (χ2n) is 6.20. The number of carbonyl (C=O) groups is 3. The van der Waals surface area contributed by atoms with Gasteiger partial charge < -0.3 is 15.4 Å². The van der Waals surface area contributed by atoms with Crippen LogP contribution >= 0.6 is 0 Å². The van der Waals surface area contributed by atoms with Crippen LogP contribution in [-0.2, 0) is 19.1 Å². The lowest BCUT2D eigenvalue weighted by molar-refractivity contribution is -0.149. The molecule has 0 aliphatic carbocycles. The minimum absolute atomic E-state index is 0.0510. The number of hydrogen-bond donors (Lipinski definition) is 2. The quantitative estimate of drug-likeness (QED) is 0.634. The van der Waals surface area contributed by atoms with E-state index in [0.29, 0.717) is 12.8 Å². The average Bonchev–Trinajstić information content (AvgIpc) is 2.60. The Morgan fingerprint density at radius 1 is 1.16 bits per heavy atom. The maximum atomic E-state index is 12.6. The maximum Gasteiger partial charge on any atom is 0.309 e. The number of ether oxygens (including phenoxy) is 1. The smallest absolute Gasteiger partial charge is 0.309 e. The Morgan fingerprint density at radius 2 is 1.84 bits per heavy atom. The molecule has 2 N–H and O–H groups in total. The Morgan fingerprint density at radius 3 is 2.52 bits per heavy atom. The minimum atomic E-state index is -0.662. The number of esters is 1. The van der Waals surface area contributed by atoms with Gasteiger partial charge in [0.25, 0.3) is 0 Å². The first-order valence-corrected chi connectivity index (χ1v) is 8.41. The minimum Gasteiger partial charge on any atom is -0.463 e. The molecule has 3 atom stereocenters. The van der Waals surface area contributed by atoms with Crippen molar-refractivity contribution in [1.82, 2.24) is 10.6 Å². The molecule has 2 rings (SSSR count). The third kappa shape index (κ3) is 5.74. The van der Waals surface area contributed by atoms with E-state index in [1.165, 1.54) is 6.92 Å². The van der Waals surface area contributed by atoms with E-state index in [-0.39, 0.29) is 30.3 Å². The molecule has 1 aromatic carbocycles. The third-order valence-electron chi connectivity index (χ3n) is 4.04. The van der Waals surface area contributed by atoms with Crippen LogP contribution in [0.4, 0.5) is 0 Å². The topological polar surface area (TPSA) is 84.5 Å². The van der Waals surface area contributed by atoms with Crippen molar-refractivity contribution in [1.29, 1.82) is 0 Å². The van der Waals surface area contributed by atoms with Gasteiger partial charge in [-0.2, -0.15) is 0 Å². The second-order valence-corrected chi connectivity index (χ2v) is 6.20. The van der Waals surface area contributed by atoms with E-state index >= 15 is 0 Å². The van der Waals surface area contributed by atoms with Crippen molar-refractivity contribution in [3.8, 4) is 0 Å². The number of cyclic esters (lactones) is 1. The summed E-state index contributed by atoms with van der Waals surface area (Å²) in [5.74, 6) is -1.13. The van der Waals surface area contributed by atoms with Gasteiger partial charge in [0.2, 0.25) is 11.8 Å². The predicted molar refractivity (Wildman–Crippen MR) is 93.4 cm³/mol. The lowest BCUT2D eigenvalue weighted by Gasteiger charge is -2.24. The number of allylic oxidation sites excluding steroid dienone is 1. The van der Waals surface area contributed by atoms with Gasteiger partial charge in [-0.05, 0) is 18.4 Å². The van der Waals surface area contributed by atoms with Gasteiger partial charge in [0.05, 0.1) is 12.0 Å². The van der Waals surface area contributed by atoms with Crippen LogP contribution in [0.5, 0.6) is 0 Å². The Labute approximate surface area is 147 Å². The van der Waals surface area contributed by atoms with Crippen LogP contribution in [0.2, 0.25) is 0 Å². The van der Waals surface area contributed by atoms with Crippen LogP contribution in [0, 0.1) is 5.92 Å². The molecule has 0 aromatic heterocycles. The summed E-state index contributed by atoms with van der Waals surface area (Å²) in [6, 6.07) is 8.18. The van der Waals surface area contributed by atoms with Gasteiger partial charge in [-0.3, -0.25) is 14.4 Å². The third-order valence-corrected chi connectivity index (χ3v) is 4.04. The van der Waals surface area contributed by atoms with Gasteiger partial charge in [-0.1, -0.05) is 49.4 Å². The zero-order valence-electron chi connectivity index (χ0n) is 14.5. The van der Waals surface area contributed by atoms with Crippen molar-refractivity contribution in [2.45, 2.75) is 38.8 Å². The number of amides is 2. The highest BCUT2D eigenvalue weighted by Crippen LogP contribution is 2.16. The molecule has 1 aromatic rings. The van der Waals surface area contributed by atoms with E-state index in [4.69, 9.17) is 4.74 Å². The van der Waals surface area contributed by atoms with E-state index in [1.807, 2.05) is 42.5 Å². The summed E-state index contributed by atoms with van der Waals surface area (Å²) in [7, 11) is 0. The molecule has 1 unspecified atom stereocenters. The average molecular weight is 344 g/mol. The number of nitrogens with one attached hydrogen (secondary N) is 2. The first kappa shape index (κ1) is 18.7. The van der Waals surface area contributed by atoms with Gasteiger partial charge in [-0.15, -0.1) is 0 Å². The Bertz CT molecular complexity index is 642. The van der Waals surface area contributed by atoms with Crippen molar-refractivity contribution < 1.29 is 19.1 Å². The van der Waals surface area contributed by atoms with Gasteiger partial charge in [0, 0.05) is 6.92 Å². The first-order valence-electron chi connectivity index (χ1n) is 8.41. The van der Waals surface area contributed by atoms with Crippen LogP contribution in [0.1, 0.15) is 38.3 Å². The molecule has 134 valence electrons. The molecule has 6 heteroatoms. The molecule has 0 spiro atoms. The van der Waals surface area contributed by atoms with Gasteiger partial charge in [-0.25, -0.2) is 0 Å². The van der Waals surface area contributed by atoms with E-state index in [1.54, 1.807) is 6.92 Å². The lowest BCUT2D eigenvalue weighted by Crippen LogP contribution is -2.47. The molecule has 0 fully saturated rings. The molecule has 2 amide bonds. The normalized spacial score (nSPS) is 25.1. The molecule has 0 bridgehead atoms. The highest BCUT2D eigenvalue weighted by atomic mass is 16.5. The number of carbonyl (C=O) groups excluding carboxylic acids is 3. The predicted octanol–water partition coefficient (Wildman–Crippen LogP) is 1.88. The molecular weight excluding hydrogens is 320 g/mol. The summed E-state index contributed by atoms with van der Waals surface area (Å²) in [4.78, 5) is 36.1. The summed E-state index contributed by atoms with van der Waals surface area (Å²) in [6.45, 7) is 3.24. The fraction of sp³-hybridized carbons (Fsp3) is 0.421. The van der Waals surface area contributed by atoms with Crippen molar-refractivity contribution in [2.24, 2.45) is 5.92 Å². The van der Waals surface area contributed by atoms with Crippen LogP contribution < -0.4 is 10.6 Å². The molecule has 1 aliphatic heterocycles. The summed E-state index contributed by atoms with van der Waals surface area (Å²) < 4.78 is 5.38. The summed E-state index contributed by atoms with van der Waals surface area (Å²) >= 11 is 0. The molecule has 0 saturated heterocycles. The van der Waals surface area contributed by atoms with Crippen LogP contribution in [-0.4, -0.2) is 30.4 Å². The monoisotopic (exact) mass is 344 g/mol. The zero-order chi connectivity index (χ0) is 18.2. The van der Waals surface area contributed by atoms with E-state index in [2.05, 4.69) is 10.6 Å². The number of rotatable bonds is 2. The van der Waals surface area contributed by atoms with Crippen LogP contribution in [0.3, 0.4) is 0 Å². The number of hydrogen-bond acceptors (Lipinski definition) is 4. The van der Waals surface area contributed by atoms with Gasteiger partial charge in [0.1, 0.15) is 12.6 Å². The summed E-state index contributed by atoms with van der Waals surface area (Å²) in [6.07, 6.45) is 4.55. The molecule has 0 saturated carbocycles. The Kier molecular flexibility index (Phi) is 6.74. The van der Waals surface area contributed by atoms with Crippen LogP contribution in [0.15, 0.2) is 42.5 Å². The van der Waals surface area contributed by atoms with Crippen molar-refractivity contribution in [3.05, 3.63) is 48.0 Å². The lowest BCUT2D eigenvalue weighted by atomic mass is 10.0. The first-order chi connectivity index (χ1) is 12.0. The van der Waals surface area contributed by atoms with E-state index in [9.17, 15) is 14.4 Å². The van der Waals surface area contributed by atoms with E-state index < -0.39 is 12.1 Å². The molecule has 1 heterocycles. The molecule has 1 aliphatic rings. The fourth-order valence-electron chi connectivity index (χ4n) is 2.59. The molecule has 6 nitrogen and oxygen atoms in total. The largest absolute Gasteiger partial charge is 0.463 e. The molecule has 25 heavy (non-hydrogen) atoms. The maximum absolute atomic E-state index is 12.6. The Balaban J connectivity index is 2.24. The zero-order valence-corrected chi connectivity index (χ0v) is 14.5. The van der Waals surface area contributed by atoms with Crippen molar-refractivity contribution >= 4 is 17.8 Å². The highest BCUT2D eigenvalue weighted by molar-refractivity contribution is 5.87. The fourth-order valence-corrected chi connectivity index (χ4v) is 2.59. The highest BCUT2D eigenvalue weighted by Gasteiger charge is 2.24. The number of benzene rings is 1. The van der Waals surface area contributed by atoms with Crippen molar-refractivity contribution in [2.75, 3.05) is 6.61 Å². The SMILES string of the molecule is CC(=O)N[C@@H]1CC=CC[C@@H](C)C(=O)OCC(c2ccccc2)NC1=O. The Hall–Kier alpha value is -2.63. The van der Waals surface area contributed by atoms with Gasteiger partial charge >= 0.3 is 5.97 Å². The second kappa shape index (κ2) is 9.01. The summed E-state index contributed by atoms with van der Waals surface area (Å²) in [5, 5.41) is 5.54. The molecule has 0 radical (unpaired) electrons. The summed E-state index contributed by atoms with van der Waals surface area (Å²) in [5.41, 5.74) is 0.838. The van der Waals surface area contributed by atoms with Crippen molar-refractivity contribution in [3.63, 3.8) is 0 Å². The standard InChI is InChI=1S/C19H24N2O4/c1-13-8-6-7-11-16(20-14(2)22)18(23)21-17(12-25-19(13)24)15-9-4-3-5-10-15/h3-7,9-10,13,16-17H,8,11-12H2,1-2H3,(H,20,22)(H,21,23)/t13-,16-,17?/m1/s1. The molecular formula is C19H24N2O4.